The van der Waals surface area contributed by atoms with E-state index in [2.05, 4.69) is 0 Å². The molecule has 1 rings (SSSR count). The minimum Gasteiger partial charge on any atom is -0.480 e. The van der Waals surface area contributed by atoms with Crippen molar-refractivity contribution in [3.63, 3.8) is 0 Å². The zero-order valence-electron chi connectivity index (χ0n) is 10.1. The van der Waals surface area contributed by atoms with Crippen LogP contribution in [-0.2, 0) is 4.79 Å². The van der Waals surface area contributed by atoms with E-state index in [1.54, 1.807) is 0 Å². The Morgan fingerprint density at radius 2 is 1.61 bits per heavy atom. The van der Waals surface area contributed by atoms with Crippen molar-refractivity contribution in [2.45, 2.75) is 13.0 Å². The molecule has 0 saturated carbocycles. The Labute approximate surface area is 104 Å². The Bertz CT molecular complexity index is 481. The summed E-state index contributed by atoms with van der Waals surface area (Å²) < 4.78 is 0. The van der Waals surface area contributed by atoms with Gasteiger partial charge in [-0.25, -0.2) is 4.79 Å². The van der Waals surface area contributed by atoms with Crippen LogP contribution in [0.15, 0.2) is 24.3 Å². The molecule has 1 atom stereocenters. The van der Waals surface area contributed by atoms with Gasteiger partial charge in [-0.05, 0) is 31.2 Å². The topological polar surface area (TPSA) is 101 Å². The number of hydrogen-bond acceptors (Lipinski definition) is 3. The lowest BCUT2D eigenvalue weighted by Gasteiger charge is -2.21. The molecule has 0 saturated heterocycles. The molecule has 0 aliphatic heterocycles. The third-order valence-corrected chi connectivity index (χ3v) is 2.68. The number of carboxylic acid groups (broad SMARTS) is 1. The van der Waals surface area contributed by atoms with Crippen LogP contribution in [0.3, 0.4) is 0 Å². The molecule has 2 amide bonds. The Balaban J connectivity index is 2.90. The Kier molecular flexibility index (Phi) is 4.04. The fourth-order valence-electron chi connectivity index (χ4n) is 1.32. The monoisotopic (exact) mass is 250 g/mol. The van der Waals surface area contributed by atoms with Crippen LogP contribution >= 0.6 is 0 Å². The van der Waals surface area contributed by atoms with Crippen molar-refractivity contribution in [3.8, 4) is 0 Å². The minimum absolute atomic E-state index is 0.292. The van der Waals surface area contributed by atoms with Gasteiger partial charge in [0.05, 0.1) is 0 Å². The van der Waals surface area contributed by atoms with Gasteiger partial charge >= 0.3 is 5.97 Å². The first-order chi connectivity index (χ1) is 8.34. The first-order valence-electron chi connectivity index (χ1n) is 5.24. The number of rotatable bonds is 4. The van der Waals surface area contributed by atoms with Gasteiger partial charge in [0.1, 0.15) is 6.04 Å². The summed E-state index contributed by atoms with van der Waals surface area (Å²) in [4.78, 5) is 34.7. The van der Waals surface area contributed by atoms with Crippen LogP contribution in [0.4, 0.5) is 0 Å². The first kappa shape index (κ1) is 13.7. The van der Waals surface area contributed by atoms with E-state index in [9.17, 15) is 14.4 Å². The number of carbonyl (C=O) groups excluding carboxylic acids is 2. The number of carbonyl (C=O) groups is 3. The number of likely N-dealkylation sites (N-methyl/N-ethyl adjacent to an activating group) is 1. The van der Waals surface area contributed by atoms with Gasteiger partial charge in [-0.3, -0.25) is 9.59 Å². The van der Waals surface area contributed by atoms with Gasteiger partial charge < -0.3 is 15.7 Å². The van der Waals surface area contributed by atoms with Crippen LogP contribution in [-0.4, -0.2) is 40.9 Å². The van der Waals surface area contributed by atoms with Gasteiger partial charge in [0.2, 0.25) is 5.91 Å². The number of nitrogens with zero attached hydrogens (tertiary/aromatic N) is 1. The van der Waals surface area contributed by atoms with Crippen LogP contribution in [0, 0.1) is 0 Å². The zero-order valence-corrected chi connectivity index (χ0v) is 10.1. The molecule has 0 fully saturated rings. The number of primary amides is 1. The maximum Gasteiger partial charge on any atom is 0.326 e. The number of benzene rings is 1. The van der Waals surface area contributed by atoms with Crippen molar-refractivity contribution in [3.05, 3.63) is 35.4 Å². The van der Waals surface area contributed by atoms with Gasteiger partial charge in [0, 0.05) is 18.2 Å². The van der Waals surface area contributed by atoms with Crippen molar-refractivity contribution in [2.24, 2.45) is 5.73 Å². The van der Waals surface area contributed by atoms with E-state index < -0.39 is 23.8 Å². The average Bonchev–Trinajstić information content (AvgIpc) is 2.36. The molecule has 18 heavy (non-hydrogen) atoms. The predicted octanol–water partition coefficient (Wildman–Crippen LogP) is 0.331. The summed E-state index contributed by atoms with van der Waals surface area (Å²) in [5.74, 6) is -2.10. The molecule has 96 valence electrons. The quantitative estimate of drug-likeness (QED) is 0.804. The van der Waals surface area contributed by atoms with E-state index in [0.29, 0.717) is 11.1 Å². The number of hydrogen-bond donors (Lipinski definition) is 2. The summed E-state index contributed by atoms with van der Waals surface area (Å²) in [5, 5.41) is 8.81. The number of nitrogens with two attached hydrogens (primary N) is 1. The standard InChI is InChI=1S/C12H14N2O4/c1-7(12(17)18)14(2)11(16)9-5-3-8(4-6-9)10(13)15/h3-7H,1-2H3,(H2,13,15)(H,17,18). The second kappa shape index (κ2) is 5.31. The molecule has 1 aromatic rings. The Morgan fingerprint density at radius 3 is 2.00 bits per heavy atom. The van der Waals surface area contributed by atoms with E-state index in [-0.39, 0.29) is 0 Å². The number of carboxylic acids is 1. The molecule has 0 radical (unpaired) electrons. The highest BCUT2D eigenvalue weighted by atomic mass is 16.4. The highest BCUT2D eigenvalue weighted by molar-refractivity contribution is 5.98. The second-order valence-electron chi connectivity index (χ2n) is 3.87. The lowest BCUT2D eigenvalue weighted by atomic mass is 10.1. The maximum absolute atomic E-state index is 11.9. The molecule has 0 bridgehead atoms. The van der Waals surface area contributed by atoms with Gasteiger partial charge in [0.15, 0.2) is 0 Å². The normalized spacial score (nSPS) is 11.7. The van der Waals surface area contributed by atoms with Crippen molar-refractivity contribution in [2.75, 3.05) is 7.05 Å². The van der Waals surface area contributed by atoms with Gasteiger partial charge in [0.25, 0.3) is 5.91 Å². The summed E-state index contributed by atoms with van der Waals surface area (Å²) >= 11 is 0. The fraction of sp³-hybridized carbons (Fsp3) is 0.250. The molecule has 0 spiro atoms. The lowest BCUT2D eigenvalue weighted by Crippen LogP contribution is -2.40. The molecule has 6 heteroatoms. The fourth-order valence-corrected chi connectivity index (χ4v) is 1.32. The average molecular weight is 250 g/mol. The third-order valence-electron chi connectivity index (χ3n) is 2.68. The first-order valence-corrected chi connectivity index (χ1v) is 5.24. The maximum atomic E-state index is 11.9. The summed E-state index contributed by atoms with van der Waals surface area (Å²) in [6, 6.07) is 4.80. The van der Waals surface area contributed by atoms with Gasteiger partial charge in [-0.15, -0.1) is 0 Å². The Hall–Kier alpha value is -2.37. The largest absolute Gasteiger partial charge is 0.480 e. The molecule has 0 aromatic heterocycles. The highest BCUT2D eigenvalue weighted by Crippen LogP contribution is 2.09. The minimum atomic E-state index is -1.08. The lowest BCUT2D eigenvalue weighted by molar-refractivity contribution is -0.141. The van der Waals surface area contributed by atoms with Gasteiger partial charge in [-0.1, -0.05) is 0 Å². The highest BCUT2D eigenvalue weighted by Gasteiger charge is 2.22. The predicted molar refractivity (Wildman–Crippen MR) is 64.2 cm³/mol. The zero-order chi connectivity index (χ0) is 13.9. The smallest absolute Gasteiger partial charge is 0.326 e. The van der Waals surface area contributed by atoms with Crippen LogP contribution in [0.1, 0.15) is 27.6 Å². The molecular formula is C12H14N2O4. The van der Waals surface area contributed by atoms with Gasteiger partial charge in [-0.2, -0.15) is 0 Å². The van der Waals surface area contributed by atoms with Crippen molar-refractivity contribution in [1.29, 1.82) is 0 Å². The summed E-state index contributed by atoms with van der Waals surface area (Å²) in [6.45, 7) is 1.41. The van der Waals surface area contributed by atoms with Crippen LogP contribution < -0.4 is 5.73 Å². The molecule has 0 heterocycles. The molecular weight excluding hydrogens is 236 g/mol. The summed E-state index contributed by atoms with van der Waals surface area (Å²) in [6.07, 6.45) is 0. The van der Waals surface area contributed by atoms with Crippen molar-refractivity contribution in [1.82, 2.24) is 4.90 Å². The summed E-state index contributed by atoms with van der Waals surface area (Å²) in [5.41, 5.74) is 5.67. The van der Waals surface area contributed by atoms with E-state index in [0.717, 1.165) is 4.90 Å². The SMILES string of the molecule is CC(C(=O)O)N(C)C(=O)c1ccc(C(N)=O)cc1. The number of aliphatic carboxylic acids is 1. The van der Waals surface area contributed by atoms with Crippen molar-refractivity contribution < 1.29 is 19.5 Å². The molecule has 1 unspecified atom stereocenters. The Morgan fingerprint density at radius 1 is 1.17 bits per heavy atom. The third kappa shape index (κ3) is 2.85. The molecule has 3 N–H and O–H groups in total. The van der Waals surface area contributed by atoms with E-state index >= 15 is 0 Å². The van der Waals surface area contributed by atoms with Crippen LogP contribution in [0.25, 0.3) is 0 Å². The van der Waals surface area contributed by atoms with Crippen LogP contribution in [0.5, 0.6) is 0 Å². The molecule has 6 nitrogen and oxygen atoms in total. The molecule has 1 aromatic carbocycles. The van der Waals surface area contributed by atoms with Crippen LogP contribution in [0.2, 0.25) is 0 Å². The van der Waals surface area contributed by atoms with Crippen molar-refractivity contribution >= 4 is 17.8 Å². The second-order valence-corrected chi connectivity index (χ2v) is 3.87. The molecule has 0 aliphatic rings. The number of amides is 2. The summed E-state index contributed by atoms with van der Waals surface area (Å²) in [7, 11) is 1.41. The van der Waals surface area contributed by atoms with E-state index in [1.165, 1.54) is 38.2 Å². The molecule has 0 aliphatic carbocycles. The van der Waals surface area contributed by atoms with E-state index in [4.69, 9.17) is 10.8 Å². The van der Waals surface area contributed by atoms with E-state index in [1.807, 2.05) is 0 Å².